The quantitative estimate of drug-likeness (QED) is 0.0175. The molecule has 5 aromatic rings. The second-order valence-electron chi connectivity index (χ2n) is 15.1. The molecule has 0 aliphatic heterocycles. The van der Waals surface area contributed by atoms with E-state index < -0.39 is 17.9 Å². The summed E-state index contributed by atoms with van der Waals surface area (Å²) in [6.07, 6.45) is 11.9. The monoisotopic (exact) mass is 902 g/mol. The van der Waals surface area contributed by atoms with Gasteiger partial charge in [0.1, 0.15) is 28.6 Å². The van der Waals surface area contributed by atoms with Crippen molar-refractivity contribution in [1.29, 1.82) is 0 Å². The van der Waals surface area contributed by atoms with Crippen LogP contribution in [0.1, 0.15) is 112 Å². The van der Waals surface area contributed by atoms with Crippen LogP contribution in [0.3, 0.4) is 0 Å². The van der Waals surface area contributed by atoms with Gasteiger partial charge in [0, 0.05) is 35.5 Å². The molecule has 0 radical (unpaired) electrons. The number of carbonyl (C=O) groups is 3. The van der Waals surface area contributed by atoms with Crippen LogP contribution in [0.2, 0.25) is 0 Å². The molecule has 0 fully saturated rings. The van der Waals surface area contributed by atoms with Gasteiger partial charge in [-0.15, -0.1) is 13.2 Å². The Kier molecular flexibility index (Phi) is 22.1. The van der Waals surface area contributed by atoms with Gasteiger partial charge in [0.05, 0.1) is 44.2 Å². The van der Waals surface area contributed by atoms with Gasteiger partial charge in [0.2, 0.25) is 0 Å². The van der Waals surface area contributed by atoms with Crippen molar-refractivity contribution in [1.82, 2.24) is 0 Å². The van der Waals surface area contributed by atoms with Crippen molar-refractivity contribution in [3.63, 3.8) is 0 Å². The zero-order valence-electron chi connectivity index (χ0n) is 38.2. The molecule has 0 aliphatic carbocycles. The smallest absolute Gasteiger partial charge is 0.343 e. The number of benzene rings is 5. The Labute approximate surface area is 394 Å². The highest BCUT2D eigenvalue weighted by Gasteiger charge is 2.20. The van der Waals surface area contributed by atoms with E-state index >= 15 is 0 Å². The van der Waals surface area contributed by atoms with E-state index in [2.05, 4.69) is 36.8 Å². The third kappa shape index (κ3) is 18.6. The minimum Gasteiger partial charge on any atom is -0.494 e. The van der Waals surface area contributed by atoms with E-state index in [0.717, 1.165) is 87.2 Å². The molecule has 0 bridgehead atoms. The highest BCUT2D eigenvalue weighted by molar-refractivity contribution is 5.97. The molecule has 5 aromatic carbocycles. The molecule has 10 nitrogen and oxygen atoms in total. The minimum atomic E-state index is -0.747. The zero-order valence-corrected chi connectivity index (χ0v) is 38.2. The molecule has 346 valence electrons. The van der Waals surface area contributed by atoms with Crippen LogP contribution < -0.4 is 18.9 Å². The summed E-state index contributed by atoms with van der Waals surface area (Å²) in [5.41, 5.74) is 3.48. The van der Waals surface area contributed by atoms with Gasteiger partial charge in [-0.1, -0.05) is 48.7 Å². The highest BCUT2D eigenvalue weighted by Crippen LogP contribution is 2.27. The summed E-state index contributed by atoms with van der Waals surface area (Å²) in [5, 5.41) is 0. The molecule has 0 saturated heterocycles. The van der Waals surface area contributed by atoms with Crippen molar-refractivity contribution >= 4 is 17.9 Å². The first-order chi connectivity index (χ1) is 32.8. The van der Waals surface area contributed by atoms with E-state index in [9.17, 15) is 14.4 Å². The molecule has 0 spiro atoms. The van der Waals surface area contributed by atoms with Crippen LogP contribution in [0.4, 0.5) is 0 Å². The Morgan fingerprint density at radius 1 is 0.463 bits per heavy atom. The Morgan fingerprint density at radius 2 is 0.851 bits per heavy atom. The maximum absolute atomic E-state index is 13.2. The summed E-state index contributed by atoms with van der Waals surface area (Å²) in [6, 6.07) is 32.6. The summed E-state index contributed by atoms with van der Waals surface area (Å²) in [5.74, 6) is 12.0. The summed E-state index contributed by atoms with van der Waals surface area (Å²) < 4.78 is 39.0. The predicted molar refractivity (Wildman–Crippen MR) is 260 cm³/mol. The van der Waals surface area contributed by atoms with Gasteiger partial charge < -0.3 is 33.2 Å². The van der Waals surface area contributed by atoms with E-state index in [-0.39, 0.29) is 34.8 Å². The second kappa shape index (κ2) is 29.2. The van der Waals surface area contributed by atoms with E-state index in [1.807, 2.05) is 48.5 Å². The lowest BCUT2D eigenvalue weighted by Crippen LogP contribution is -2.14. The molecule has 67 heavy (non-hydrogen) atoms. The number of esters is 3. The van der Waals surface area contributed by atoms with Crippen LogP contribution in [-0.2, 0) is 14.2 Å². The maximum Gasteiger partial charge on any atom is 0.343 e. The molecule has 0 amide bonds. The van der Waals surface area contributed by atoms with Crippen molar-refractivity contribution in [3.05, 3.63) is 180 Å². The Morgan fingerprint density at radius 3 is 1.27 bits per heavy atom. The first-order valence-corrected chi connectivity index (χ1v) is 22.7. The number of hydrogen-bond donors (Lipinski definition) is 0. The van der Waals surface area contributed by atoms with Crippen molar-refractivity contribution in [2.75, 3.05) is 46.2 Å². The Balaban J connectivity index is 1.09. The Hall–Kier alpha value is -7.37. The van der Waals surface area contributed by atoms with Crippen LogP contribution in [0, 0.1) is 23.7 Å². The van der Waals surface area contributed by atoms with Gasteiger partial charge in [-0.25, -0.2) is 14.4 Å². The second-order valence-corrected chi connectivity index (χ2v) is 15.1. The molecule has 0 saturated carbocycles. The molecule has 10 heteroatoms. The lowest BCUT2D eigenvalue weighted by Gasteiger charge is -2.12. The fraction of sp³-hybridized carbons (Fsp3) is 0.281. The molecule has 0 heterocycles. The summed E-state index contributed by atoms with van der Waals surface area (Å²) >= 11 is 0. The fourth-order valence-electron chi connectivity index (χ4n) is 6.32. The normalized spacial score (nSPS) is 10.3. The van der Waals surface area contributed by atoms with Gasteiger partial charge in [0.15, 0.2) is 0 Å². The maximum atomic E-state index is 13.2. The first-order valence-electron chi connectivity index (χ1n) is 22.7. The topological polar surface area (TPSA) is 116 Å². The summed E-state index contributed by atoms with van der Waals surface area (Å²) in [4.78, 5) is 39.3. The number of rotatable bonds is 26. The van der Waals surface area contributed by atoms with Crippen LogP contribution in [0.25, 0.3) is 0 Å². The predicted octanol–water partition coefficient (Wildman–Crippen LogP) is 11.4. The van der Waals surface area contributed by atoms with Crippen LogP contribution in [0.15, 0.2) is 141 Å². The first kappa shape index (κ1) is 50.6. The molecule has 0 unspecified atom stereocenters. The lowest BCUT2D eigenvalue weighted by atomic mass is 10.1. The van der Waals surface area contributed by atoms with Crippen LogP contribution >= 0.6 is 0 Å². The van der Waals surface area contributed by atoms with E-state index in [1.165, 1.54) is 18.2 Å². The third-order valence-electron chi connectivity index (χ3n) is 9.89. The highest BCUT2D eigenvalue weighted by atomic mass is 16.6. The van der Waals surface area contributed by atoms with Crippen LogP contribution in [0.5, 0.6) is 23.0 Å². The summed E-state index contributed by atoms with van der Waals surface area (Å²) in [7, 11) is 0. The van der Waals surface area contributed by atoms with Gasteiger partial charge in [-0.2, -0.15) is 0 Å². The largest absolute Gasteiger partial charge is 0.494 e. The molecular weight excluding hydrogens is 845 g/mol. The average Bonchev–Trinajstić information content (AvgIpc) is 3.35. The van der Waals surface area contributed by atoms with Gasteiger partial charge in [-0.3, -0.25) is 0 Å². The van der Waals surface area contributed by atoms with Crippen molar-refractivity contribution in [2.24, 2.45) is 0 Å². The fourth-order valence-corrected chi connectivity index (χ4v) is 6.32. The Bertz CT molecular complexity index is 2470. The molecule has 5 rings (SSSR count). The van der Waals surface area contributed by atoms with Gasteiger partial charge in [-0.05, 0) is 161 Å². The van der Waals surface area contributed by atoms with Crippen molar-refractivity contribution < 1.29 is 47.5 Å². The van der Waals surface area contributed by atoms with Crippen molar-refractivity contribution in [2.45, 2.75) is 58.3 Å². The van der Waals surface area contributed by atoms with Crippen LogP contribution in [-0.4, -0.2) is 64.2 Å². The van der Waals surface area contributed by atoms with E-state index in [1.54, 1.807) is 67.6 Å². The number of carbonyl (C=O) groups excluding carboxylic acids is 3. The molecule has 0 aromatic heterocycles. The SMILES string of the molecule is C=CCOCCCCCCOc1ccc(C#Cc2ccc(C(=O)Oc3ccc(OC(=O)c4ccc(C#Cc5ccc(OCCCCCCOCC=C)cc5)cc4)c(C(=O)OCC)c3)cc2)cc1. The van der Waals surface area contributed by atoms with E-state index in [0.29, 0.717) is 37.6 Å². The average molecular weight is 903 g/mol. The molecule has 0 atom stereocenters. The standard InChI is InChI=1S/C57H58O10/c1-4-37-61-39-11-7-9-13-41-64-50-31-23-46(24-32-50)17-15-44-19-27-48(28-20-44)55(58)66-52-35-36-54(53(43-52)57(60)63-6-3)67-56(59)49-29-21-45(22-30-49)16-18-47-25-33-51(34-26-47)65-42-14-10-8-12-40-62-38-5-2/h4-5,19-36,43H,1-2,6-14,37-42H2,3H3. The summed E-state index contributed by atoms with van der Waals surface area (Å²) in [6.45, 7) is 13.0. The minimum absolute atomic E-state index is 0.0533. The van der Waals surface area contributed by atoms with E-state index in [4.69, 9.17) is 33.2 Å². The van der Waals surface area contributed by atoms with Crippen molar-refractivity contribution in [3.8, 4) is 46.7 Å². The van der Waals surface area contributed by atoms with Gasteiger partial charge >= 0.3 is 17.9 Å². The molecule has 0 N–H and O–H groups in total. The molecular formula is C57H58O10. The number of ether oxygens (including phenoxy) is 7. The number of hydrogen-bond acceptors (Lipinski definition) is 10. The van der Waals surface area contributed by atoms with Gasteiger partial charge in [0.25, 0.3) is 0 Å². The lowest BCUT2D eigenvalue weighted by molar-refractivity contribution is 0.0518. The third-order valence-corrected chi connectivity index (χ3v) is 9.89. The zero-order chi connectivity index (χ0) is 47.3. The number of unbranched alkanes of at least 4 members (excludes halogenated alkanes) is 6. The molecule has 0 aliphatic rings.